The summed E-state index contributed by atoms with van der Waals surface area (Å²) in [7, 11) is -8.55. The smallest absolute Gasteiger partial charge is 0.209 e. The number of fused-ring (bicyclic) bond motifs is 2. The highest BCUT2D eigenvalue weighted by Crippen LogP contribution is 2.48. The molecule has 2 aromatic carbocycles. The number of benzene rings is 2. The van der Waals surface area contributed by atoms with E-state index in [0.717, 1.165) is 45.0 Å². The lowest BCUT2D eigenvalue weighted by Crippen LogP contribution is -2.28. The van der Waals surface area contributed by atoms with Gasteiger partial charge in [-0.25, -0.2) is 16.8 Å². The van der Waals surface area contributed by atoms with Gasteiger partial charge in [-0.2, -0.15) is 4.58 Å². The first kappa shape index (κ1) is 35.0. The van der Waals surface area contributed by atoms with Crippen molar-refractivity contribution < 1.29 is 30.5 Å². The van der Waals surface area contributed by atoms with Gasteiger partial charge in [0, 0.05) is 72.1 Å². The van der Waals surface area contributed by atoms with Crippen molar-refractivity contribution >= 4 is 37.3 Å². The second-order valence-corrected chi connectivity index (χ2v) is 15.9. The third-order valence-corrected chi connectivity index (χ3v) is 10.5. The van der Waals surface area contributed by atoms with Crippen LogP contribution in [0.15, 0.2) is 60.3 Å². The lowest BCUT2D eigenvalue weighted by atomic mass is 9.80. The fourth-order valence-corrected chi connectivity index (χ4v) is 7.62. The van der Waals surface area contributed by atoms with Crippen LogP contribution in [-0.4, -0.2) is 60.8 Å². The van der Waals surface area contributed by atoms with Crippen LogP contribution in [0.3, 0.4) is 0 Å². The topological polar surface area (TPSA) is 173 Å². The van der Waals surface area contributed by atoms with Crippen LogP contribution in [0.5, 0.6) is 0 Å². The van der Waals surface area contributed by atoms with E-state index < -0.39 is 31.7 Å². The molecule has 0 aliphatic carbocycles. The van der Waals surface area contributed by atoms with Crippen LogP contribution in [-0.2, 0) is 44.2 Å². The number of nitrogens with two attached hydrogens (primary N) is 2. The Hall–Kier alpha value is -2.87. The number of rotatable bonds is 14. The van der Waals surface area contributed by atoms with Crippen molar-refractivity contribution in [2.75, 3.05) is 29.5 Å². The highest BCUT2D eigenvalue weighted by Gasteiger charge is 2.44. The fraction of sp³-hybridized carbons (Fsp3) is 0.485. The van der Waals surface area contributed by atoms with Crippen LogP contribution < -0.4 is 16.4 Å². The van der Waals surface area contributed by atoms with Crippen molar-refractivity contribution in [1.29, 1.82) is 0 Å². The van der Waals surface area contributed by atoms with Crippen LogP contribution in [0.1, 0.15) is 75.6 Å². The van der Waals surface area contributed by atoms with E-state index in [1.165, 1.54) is 0 Å². The molecule has 0 radical (unpaired) electrons. The molecule has 0 unspecified atom stereocenters. The maximum absolute atomic E-state index is 11.2. The molecule has 0 amide bonds. The maximum Gasteiger partial charge on any atom is 0.209 e. The molecule has 10 nitrogen and oxygen atoms in total. The van der Waals surface area contributed by atoms with E-state index in [-0.39, 0.29) is 23.7 Å². The number of allylic oxidation sites excluding steroid dienone is 4. The number of nitrogens with zero attached hydrogens (tertiary/aromatic N) is 2. The molecular weight excluding hydrogens is 613 g/mol. The van der Waals surface area contributed by atoms with Gasteiger partial charge < -0.3 is 25.5 Å². The van der Waals surface area contributed by atoms with Crippen molar-refractivity contribution in [3.05, 3.63) is 82.6 Å². The quantitative estimate of drug-likeness (QED) is 0.174. The summed E-state index contributed by atoms with van der Waals surface area (Å²) in [5, 5.41) is 0. The van der Waals surface area contributed by atoms with Gasteiger partial charge in [-0.3, -0.25) is 0 Å². The minimum absolute atomic E-state index is 0.278. The van der Waals surface area contributed by atoms with Crippen LogP contribution in [0.2, 0.25) is 0 Å². The van der Waals surface area contributed by atoms with Crippen molar-refractivity contribution in [3.63, 3.8) is 0 Å². The van der Waals surface area contributed by atoms with E-state index in [2.05, 4.69) is 73.6 Å². The molecule has 0 atom stereocenters. The molecule has 2 aliphatic heterocycles. The van der Waals surface area contributed by atoms with E-state index in [4.69, 9.17) is 11.5 Å². The number of unbranched alkanes of at least 4 members (excludes halogenated alkanes) is 2. The van der Waals surface area contributed by atoms with Gasteiger partial charge in [0.1, 0.15) is 6.54 Å². The zero-order valence-electron chi connectivity index (χ0n) is 26.6. The zero-order valence-corrected chi connectivity index (χ0v) is 28.2. The van der Waals surface area contributed by atoms with Gasteiger partial charge in [-0.1, -0.05) is 38.1 Å². The van der Waals surface area contributed by atoms with E-state index in [1.54, 1.807) is 0 Å². The predicted octanol–water partition coefficient (Wildman–Crippen LogP) is 3.87. The molecule has 4 N–H and O–H groups in total. The van der Waals surface area contributed by atoms with E-state index >= 15 is 0 Å². The Balaban J connectivity index is 1.71. The lowest BCUT2D eigenvalue weighted by Gasteiger charge is -2.27. The molecular formula is C33H45N4O6S2-. The Kier molecular flexibility index (Phi) is 10.5. The average Bonchev–Trinajstić information content (AvgIpc) is 3.30. The largest absolute Gasteiger partial charge is 0.748 e. The molecule has 4 rings (SSSR count). The monoisotopic (exact) mass is 657 g/mol. The van der Waals surface area contributed by atoms with Crippen molar-refractivity contribution in [2.24, 2.45) is 11.5 Å². The van der Waals surface area contributed by atoms with Crippen molar-refractivity contribution in [3.8, 4) is 0 Å². The summed E-state index contributed by atoms with van der Waals surface area (Å²) >= 11 is 0. The molecule has 0 aromatic heterocycles. The second-order valence-electron chi connectivity index (χ2n) is 12.9. The van der Waals surface area contributed by atoms with Gasteiger partial charge in [-0.15, -0.1) is 0 Å². The summed E-state index contributed by atoms with van der Waals surface area (Å²) in [6.07, 6.45) is 7.83. The molecule has 45 heavy (non-hydrogen) atoms. The maximum atomic E-state index is 11.2. The Bertz CT molecular complexity index is 1740. The first-order chi connectivity index (χ1) is 21.0. The van der Waals surface area contributed by atoms with E-state index in [0.29, 0.717) is 39.0 Å². The van der Waals surface area contributed by atoms with Gasteiger partial charge in [0.25, 0.3) is 0 Å². The number of hydrogen-bond donors (Lipinski definition) is 2. The third-order valence-electron chi connectivity index (χ3n) is 8.94. The lowest BCUT2D eigenvalue weighted by molar-refractivity contribution is -0.438. The van der Waals surface area contributed by atoms with Crippen LogP contribution >= 0.6 is 0 Å². The first-order valence-corrected chi connectivity index (χ1v) is 18.5. The summed E-state index contributed by atoms with van der Waals surface area (Å²) in [4.78, 5) is 2.20. The van der Waals surface area contributed by atoms with Gasteiger partial charge in [-0.05, 0) is 68.0 Å². The summed E-state index contributed by atoms with van der Waals surface area (Å²) in [5.74, 6) is -0.781. The third kappa shape index (κ3) is 7.93. The molecule has 0 fully saturated rings. The van der Waals surface area contributed by atoms with Crippen molar-refractivity contribution in [2.45, 2.75) is 77.3 Å². The molecule has 2 aliphatic rings. The minimum Gasteiger partial charge on any atom is -0.748 e. The molecule has 246 valence electrons. The molecule has 0 spiro atoms. The molecule has 0 saturated carbocycles. The summed E-state index contributed by atoms with van der Waals surface area (Å²) in [6.45, 7) is 10.6. The molecule has 0 saturated heterocycles. The second kappa shape index (κ2) is 13.5. The standard InChI is InChI=1S/C33H46N4O6S2/c1-32(2)26-20-24(22-34)12-14-28(26)36(16-5-7-18-44(38,39)40)30(32)10-9-11-31-33(3,4)27-21-25(23-35)13-15-29(27)37(31)17-6-8-19-45(41,42)43/h9-15,20-21H,5-8,16-19,22-23,34-35H2,1-4H3,(H-,38,39,40,41,42,43)/p-1. The first-order valence-electron chi connectivity index (χ1n) is 15.3. The normalized spacial score (nSPS) is 18.3. The van der Waals surface area contributed by atoms with Crippen LogP contribution in [0, 0.1) is 0 Å². The summed E-state index contributed by atoms with van der Waals surface area (Å²) < 4.78 is 69.4. The predicted molar refractivity (Wildman–Crippen MR) is 177 cm³/mol. The Morgan fingerprint density at radius 3 is 1.98 bits per heavy atom. The Morgan fingerprint density at radius 1 is 0.800 bits per heavy atom. The van der Waals surface area contributed by atoms with Gasteiger partial charge in [0.2, 0.25) is 5.69 Å². The Morgan fingerprint density at radius 2 is 1.38 bits per heavy atom. The molecule has 2 aromatic rings. The van der Waals surface area contributed by atoms with Gasteiger partial charge >= 0.3 is 0 Å². The summed E-state index contributed by atoms with van der Waals surface area (Å²) in [6, 6.07) is 12.4. The highest BCUT2D eigenvalue weighted by molar-refractivity contribution is 7.85. The Labute approximate surface area is 268 Å². The molecule has 0 bridgehead atoms. The van der Waals surface area contributed by atoms with Crippen molar-refractivity contribution in [1.82, 2.24) is 0 Å². The SMILES string of the molecule is CC1(C)C(/C=C/C=C2/N(CCCCS(=O)(=O)[O-])c3ccc(CN)cc3C2(C)C)=[N+](CCCCS(=O)(=O)[O-])c2ccc(CN)cc21. The van der Waals surface area contributed by atoms with E-state index in [9.17, 15) is 25.9 Å². The molecule has 12 heteroatoms. The number of hydrogen-bond acceptors (Lipinski definition) is 9. The fourth-order valence-electron chi connectivity index (χ4n) is 6.51. The average molecular weight is 658 g/mol. The number of anilines is 1. The minimum atomic E-state index is -4.28. The van der Waals surface area contributed by atoms with Gasteiger partial charge in [0.15, 0.2) is 5.71 Å². The van der Waals surface area contributed by atoms with Gasteiger partial charge in [0.05, 0.1) is 25.7 Å². The zero-order chi connectivity index (χ0) is 33.2. The highest BCUT2D eigenvalue weighted by atomic mass is 32.2. The van der Waals surface area contributed by atoms with Crippen LogP contribution in [0.25, 0.3) is 0 Å². The van der Waals surface area contributed by atoms with E-state index in [1.807, 2.05) is 18.2 Å². The summed E-state index contributed by atoms with van der Waals surface area (Å²) in [5.41, 5.74) is 19.7. The molecule has 2 heterocycles. The van der Waals surface area contributed by atoms with Crippen LogP contribution in [0.4, 0.5) is 11.4 Å².